The summed E-state index contributed by atoms with van der Waals surface area (Å²) in [5.41, 5.74) is 4.95. The first-order valence-electron chi connectivity index (χ1n) is 12.6. The Morgan fingerprint density at radius 1 is 0.878 bits per heavy atom. The van der Waals surface area contributed by atoms with E-state index in [1.165, 1.54) is 18.1 Å². The van der Waals surface area contributed by atoms with Gasteiger partial charge in [0.2, 0.25) is 0 Å². The van der Waals surface area contributed by atoms with E-state index in [1.807, 2.05) is 60.7 Å². The average molecular weight is 608 g/mol. The van der Waals surface area contributed by atoms with Gasteiger partial charge in [-0.1, -0.05) is 71.2 Å². The predicted molar refractivity (Wildman–Crippen MR) is 164 cm³/mol. The van der Waals surface area contributed by atoms with E-state index in [9.17, 15) is 9.59 Å². The van der Waals surface area contributed by atoms with Gasteiger partial charge in [-0.15, -0.1) is 0 Å². The van der Waals surface area contributed by atoms with E-state index in [1.54, 1.807) is 36.3 Å². The van der Waals surface area contributed by atoms with Crippen molar-refractivity contribution in [1.29, 1.82) is 0 Å². The highest BCUT2D eigenvalue weighted by Gasteiger charge is 2.36. The van der Waals surface area contributed by atoms with Crippen molar-refractivity contribution in [3.63, 3.8) is 0 Å². The fraction of sp³-hybridized carbons (Fsp3) is 0.125. The van der Waals surface area contributed by atoms with Crippen LogP contribution in [0.2, 0.25) is 15.1 Å². The minimum atomic E-state index is -0.505. The summed E-state index contributed by atoms with van der Waals surface area (Å²) < 4.78 is 10.1. The number of rotatable bonds is 7. The number of fused-ring (bicyclic) bond motifs is 1. The molecule has 0 radical (unpaired) electrons. The monoisotopic (exact) mass is 606 g/mol. The van der Waals surface area contributed by atoms with Crippen LogP contribution in [0.1, 0.15) is 16.7 Å². The number of halogens is 3. The lowest BCUT2D eigenvalue weighted by Gasteiger charge is -2.39. The van der Waals surface area contributed by atoms with Gasteiger partial charge in [-0.2, -0.15) is 0 Å². The number of benzene rings is 4. The van der Waals surface area contributed by atoms with E-state index >= 15 is 0 Å². The van der Waals surface area contributed by atoms with Crippen molar-refractivity contribution in [3.8, 4) is 16.9 Å². The second-order valence-corrected chi connectivity index (χ2v) is 10.5. The molecule has 1 aliphatic rings. The highest BCUT2D eigenvalue weighted by molar-refractivity contribution is 6.40. The summed E-state index contributed by atoms with van der Waals surface area (Å²) in [7, 11) is 2.92. The Hall–Kier alpha value is -3.97. The van der Waals surface area contributed by atoms with Gasteiger partial charge in [0.15, 0.2) is 0 Å². The largest absolute Gasteiger partial charge is 0.497 e. The topological polar surface area (TPSA) is 59.1 Å². The van der Waals surface area contributed by atoms with Crippen molar-refractivity contribution >= 4 is 64.3 Å². The van der Waals surface area contributed by atoms with Crippen molar-refractivity contribution in [2.75, 3.05) is 19.1 Å². The van der Waals surface area contributed by atoms with Crippen LogP contribution in [0.3, 0.4) is 0 Å². The summed E-state index contributed by atoms with van der Waals surface area (Å²) in [6.45, 7) is 0.618. The lowest BCUT2D eigenvalue weighted by atomic mass is 9.92. The molecule has 4 aromatic rings. The summed E-state index contributed by atoms with van der Waals surface area (Å²) >= 11 is 20.0. The van der Waals surface area contributed by atoms with E-state index < -0.39 is 5.97 Å². The Kier molecular flexibility index (Phi) is 8.54. The van der Waals surface area contributed by atoms with Crippen LogP contribution in [0.4, 0.5) is 16.2 Å². The number of para-hydroxylation sites is 1. The second kappa shape index (κ2) is 12.3. The summed E-state index contributed by atoms with van der Waals surface area (Å²) in [6, 6.07) is 23.6. The zero-order chi connectivity index (χ0) is 29.1. The number of nitrogens with zero attached hydrogens (tertiary/aromatic N) is 2. The first-order valence-corrected chi connectivity index (χ1v) is 13.8. The molecule has 0 N–H and O–H groups in total. The maximum Gasteiger partial charge on any atom is 0.330 e. The number of esters is 1. The number of amides is 2. The molecule has 0 aliphatic carbocycles. The Morgan fingerprint density at radius 3 is 2.22 bits per heavy atom. The minimum Gasteiger partial charge on any atom is -0.497 e. The summed E-state index contributed by atoms with van der Waals surface area (Å²) in [5.74, 6) is 0.219. The fourth-order valence-corrected chi connectivity index (χ4v) is 5.59. The lowest BCUT2D eigenvalue weighted by molar-refractivity contribution is -0.134. The fourth-order valence-electron chi connectivity index (χ4n) is 4.79. The quantitative estimate of drug-likeness (QED) is 0.156. The van der Waals surface area contributed by atoms with Crippen LogP contribution in [-0.2, 0) is 22.6 Å². The molecule has 0 fully saturated rings. The minimum absolute atomic E-state index is 0.292. The molecule has 1 heterocycles. The molecule has 0 atom stereocenters. The van der Waals surface area contributed by atoms with Gasteiger partial charge in [0, 0.05) is 28.8 Å². The standard InChI is InChI=1S/C32H25Cl3N2O4/c1-40-22-13-10-20(11-14-22)18-36-19-25-24(23-6-3-4-7-26(23)33)16-21(12-15-30(38)41-2)17-29(25)37(32(36)39)31-27(34)8-5-9-28(31)35/h3-17H,18-19H2,1-2H3/b15-12+. The first kappa shape index (κ1) is 28.6. The Bertz CT molecular complexity index is 1630. The maximum atomic E-state index is 14.3. The average Bonchev–Trinajstić information content (AvgIpc) is 2.98. The Labute approximate surface area is 253 Å². The number of urea groups is 1. The van der Waals surface area contributed by atoms with E-state index in [0.29, 0.717) is 45.1 Å². The normalized spacial score (nSPS) is 13.0. The highest BCUT2D eigenvalue weighted by atomic mass is 35.5. The van der Waals surface area contributed by atoms with Gasteiger partial charge < -0.3 is 14.4 Å². The van der Waals surface area contributed by atoms with Gasteiger partial charge in [0.05, 0.1) is 42.2 Å². The molecule has 41 heavy (non-hydrogen) atoms. The third kappa shape index (κ3) is 5.91. The lowest BCUT2D eigenvalue weighted by Crippen LogP contribution is -2.44. The van der Waals surface area contributed by atoms with Crippen LogP contribution >= 0.6 is 34.8 Å². The van der Waals surface area contributed by atoms with Crippen molar-refractivity contribution in [2.24, 2.45) is 0 Å². The molecule has 0 spiro atoms. The summed E-state index contributed by atoms with van der Waals surface area (Å²) in [4.78, 5) is 29.4. The highest BCUT2D eigenvalue weighted by Crippen LogP contribution is 2.46. The third-order valence-electron chi connectivity index (χ3n) is 6.77. The van der Waals surface area contributed by atoms with Crippen molar-refractivity contribution in [1.82, 2.24) is 4.90 Å². The molecule has 2 amide bonds. The van der Waals surface area contributed by atoms with Crippen molar-refractivity contribution < 1.29 is 19.1 Å². The van der Waals surface area contributed by atoms with E-state index in [-0.39, 0.29) is 6.03 Å². The molecule has 0 unspecified atom stereocenters. The van der Waals surface area contributed by atoms with Crippen LogP contribution in [-0.4, -0.2) is 31.1 Å². The maximum absolute atomic E-state index is 14.3. The molecule has 208 valence electrons. The number of hydrogen-bond donors (Lipinski definition) is 0. The van der Waals surface area contributed by atoms with E-state index in [4.69, 9.17) is 44.3 Å². The zero-order valence-corrected chi connectivity index (χ0v) is 24.5. The Balaban J connectivity index is 1.74. The van der Waals surface area contributed by atoms with Gasteiger partial charge in [-0.3, -0.25) is 4.90 Å². The predicted octanol–water partition coefficient (Wildman–Crippen LogP) is 8.78. The molecule has 4 aromatic carbocycles. The van der Waals surface area contributed by atoms with E-state index in [0.717, 1.165) is 28.0 Å². The van der Waals surface area contributed by atoms with Crippen LogP contribution in [0.15, 0.2) is 84.9 Å². The SMILES string of the molecule is COC(=O)/C=C/c1cc(-c2ccccc2Cl)c2c(c1)N(c1c(Cl)cccc1Cl)C(=O)N(Cc1ccc(OC)cc1)C2. The number of carbonyl (C=O) groups excluding carboxylic acids is 2. The van der Waals surface area contributed by atoms with Crippen LogP contribution in [0.25, 0.3) is 17.2 Å². The molecule has 6 nitrogen and oxygen atoms in total. The van der Waals surface area contributed by atoms with Crippen LogP contribution in [0.5, 0.6) is 5.75 Å². The van der Waals surface area contributed by atoms with Gasteiger partial charge in [0.25, 0.3) is 0 Å². The van der Waals surface area contributed by atoms with Crippen LogP contribution < -0.4 is 9.64 Å². The number of anilines is 2. The van der Waals surface area contributed by atoms with Gasteiger partial charge >= 0.3 is 12.0 Å². The number of carbonyl (C=O) groups is 2. The van der Waals surface area contributed by atoms with E-state index in [2.05, 4.69) is 0 Å². The van der Waals surface area contributed by atoms with Crippen molar-refractivity contribution in [2.45, 2.75) is 13.1 Å². The molecule has 9 heteroatoms. The second-order valence-electron chi connectivity index (χ2n) is 9.29. The van der Waals surface area contributed by atoms with Gasteiger partial charge in [0.1, 0.15) is 5.75 Å². The van der Waals surface area contributed by atoms with Crippen molar-refractivity contribution in [3.05, 3.63) is 117 Å². The number of ether oxygens (including phenoxy) is 2. The molecule has 5 rings (SSSR count). The first-order chi connectivity index (χ1) is 19.8. The van der Waals surface area contributed by atoms with Gasteiger partial charge in [-0.25, -0.2) is 9.59 Å². The molecule has 0 saturated carbocycles. The summed E-state index contributed by atoms with van der Waals surface area (Å²) in [5, 5.41) is 1.18. The smallest absolute Gasteiger partial charge is 0.330 e. The van der Waals surface area contributed by atoms with Gasteiger partial charge in [-0.05, 0) is 65.2 Å². The van der Waals surface area contributed by atoms with Crippen LogP contribution in [0, 0.1) is 0 Å². The molecule has 0 aromatic heterocycles. The molecular weight excluding hydrogens is 583 g/mol. The molecule has 1 aliphatic heterocycles. The third-order valence-corrected chi connectivity index (χ3v) is 7.71. The molecular formula is C32H25Cl3N2O4. The Morgan fingerprint density at radius 2 is 1.56 bits per heavy atom. The number of hydrogen-bond acceptors (Lipinski definition) is 4. The molecule has 0 bridgehead atoms. The molecule has 0 saturated heterocycles. The summed E-state index contributed by atoms with van der Waals surface area (Å²) in [6.07, 6.45) is 2.96. The number of methoxy groups -OCH3 is 2. The zero-order valence-electron chi connectivity index (χ0n) is 22.2.